The number of allylic oxidation sites excluding steroid dienone is 4. The van der Waals surface area contributed by atoms with E-state index in [0.29, 0.717) is 32.1 Å². The van der Waals surface area contributed by atoms with E-state index in [4.69, 9.17) is 0 Å². The van der Waals surface area contributed by atoms with Gasteiger partial charge in [-0.3, -0.25) is 25.0 Å². The first kappa shape index (κ1) is 24.5. The monoisotopic (exact) mass is 382 g/mol. The topological polar surface area (TPSA) is 113 Å². The number of carbonyl (C=O) groups excluding carboxylic acids is 1. The van der Waals surface area contributed by atoms with Crippen LogP contribution in [0.1, 0.15) is 71.1 Å². The first-order valence-electron chi connectivity index (χ1n) is 9.31. The molecule has 8 heteroatoms. The number of rotatable bonds is 15. The maximum Gasteiger partial charge on any atom is 0.305 e. The van der Waals surface area contributed by atoms with Crippen LogP contribution in [0, 0.1) is 20.2 Å². The molecule has 152 valence electrons. The van der Waals surface area contributed by atoms with Gasteiger partial charge in [0.05, 0.1) is 29.8 Å². The third-order valence-electron chi connectivity index (χ3n) is 3.92. The zero-order valence-electron chi connectivity index (χ0n) is 16.2. The highest BCUT2D eigenvalue weighted by molar-refractivity contribution is 5.68. The van der Waals surface area contributed by atoms with Crippen LogP contribution < -0.4 is 0 Å². The fraction of sp³-hybridized carbons (Fsp3) is 0.632. The molecule has 0 aromatic carbocycles. The van der Waals surface area contributed by atoms with Crippen molar-refractivity contribution in [2.75, 3.05) is 7.11 Å². The molecular formula is C19H30N2O6. The Labute approximate surface area is 160 Å². The van der Waals surface area contributed by atoms with E-state index in [1.807, 2.05) is 0 Å². The van der Waals surface area contributed by atoms with Crippen molar-refractivity contribution >= 4 is 5.97 Å². The lowest BCUT2D eigenvalue weighted by Gasteiger charge is -1.98. The van der Waals surface area contributed by atoms with Crippen LogP contribution in [0.15, 0.2) is 35.7 Å². The molecule has 0 aliphatic rings. The lowest BCUT2D eigenvalue weighted by atomic mass is 10.1. The van der Waals surface area contributed by atoms with Gasteiger partial charge in [-0.2, -0.15) is 0 Å². The van der Waals surface area contributed by atoms with E-state index in [1.54, 1.807) is 18.2 Å². The van der Waals surface area contributed by atoms with Gasteiger partial charge < -0.3 is 4.74 Å². The number of nitro groups is 2. The summed E-state index contributed by atoms with van der Waals surface area (Å²) < 4.78 is 4.53. The fourth-order valence-corrected chi connectivity index (χ4v) is 2.32. The highest BCUT2D eigenvalue weighted by Gasteiger charge is 2.10. The summed E-state index contributed by atoms with van der Waals surface area (Å²) in [4.78, 5) is 32.2. The van der Waals surface area contributed by atoms with Gasteiger partial charge in [0, 0.05) is 6.42 Å². The molecule has 0 amide bonds. The average molecular weight is 382 g/mol. The number of hydrogen-bond donors (Lipinski definition) is 0. The molecule has 8 nitrogen and oxygen atoms in total. The van der Waals surface area contributed by atoms with Gasteiger partial charge in [-0.25, -0.2) is 0 Å². The molecule has 0 saturated heterocycles. The molecule has 0 aromatic heterocycles. The van der Waals surface area contributed by atoms with Crippen molar-refractivity contribution in [2.45, 2.75) is 71.1 Å². The van der Waals surface area contributed by atoms with Crippen LogP contribution in [0.5, 0.6) is 0 Å². The number of hydrogen-bond acceptors (Lipinski definition) is 6. The summed E-state index contributed by atoms with van der Waals surface area (Å²) in [7, 11) is 1.32. The molecule has 0 fully saturated rings. The second-order valence-corrected chi connectivity index (χ2v) is 6.10. The molecular weight excluding hydrogens is 352 g/mol. The van der Waals surface area contributed by atoms with Gasteiger partial charge in [0.15, 0.2) is 0 Å². The molecule has 0 saturated carbocycles. The molecule has 0 spiro atoms. The van der Waals surface area contributed by atoms with Crippen molar-refractivity contribution in [3.05, 3.63) is 55.9 Å². The maximum absolute atomic E-state index is 11.1. The summed E-state index contributed by atoms with van der Waals surface area (Å²) in [6.45, 7) is 2.07. The zero-order valence-corrected chi connectivity index (χ0v) is 16.2. The van der Waals surface area contributed by atoms with E-state index in [2.05, 4.69) is 11.7 Å². The van der Waals surface area contributed by atoms with E-state index >= 15 is 0 Å². The Balaban J connectivity index is 4.44. The first-order chi connectivity index (χ1) is 12.9. The largest absolute Gasteiger partial charge is 0.469 e. The zero-order chi connectivity index (χ0) is 20.5. The second-order valence-electron chi connectivity index (χ2n) is 6.10. The standard InChI is InChI=1S/C19H30N2O6/c1-3-4-5-7-12-17(20(23)24)14-10-11-15-18(21(25)26)13-8-6-9-16-19(22)27-2/h10-13H,3-9,14-16H2,1-2H3. The number of unbranched alkanes of at least 4 members (excludes halogenated alkanes) is 5. The lowest BCUT2D eigenvalue weighted by Crippen LogP contribution is -2.00. The van der Waals surface area contributed by atoms with Crippen LogP contribution in [-0.4, -0.2) is 22.9 Å². The Hall–Kier alpha value is -2.51. The van der Waals surface area contributed by atoms with Crippen molar-refractivity contribution in [3.63, 3.8) is 0 Å². The average Bonchev–Trinajstić information content (AvgIpc) is 2.63. The van der Waals surface area contributed by atoms with Crippen molar-refractivity contribution in [2.24, 2.45) is 0 Å². The van der Waals surface area contributed by atoms with Crippen LogP contribution in [0.4, 0.5) is 0 Å². The normalized spacial score (nSPS) is 12.4. The molecule has 0 aliphatic carbocycles. The molecule has 0 aliphatic heterocycles. The number of ether oxygens (including phenoxy) is 1. The van der Waals surface area contributed by atoms with Crippen molar-refractivity contribution in [1.82, 2.24) is 0 Å². The third kappa shape index (κ3) is 13.4. The van der Waals surface area contributed by atoms with Gasteiger partial charge in [-0.15, -0.1) is 0 Å². The number of carbonyl (C=O) groups is 1. The molecule has 0 unspecified atom stereocenters. The van der Waals surface area contributed by atoms with Gasteiger partial charge >= 0.3 is 5.97 Å². The van der Waals surface area contributed by atoms with Gasteiger partial charge in [0.2, 0.25) is 11.4 Å². The minimum Gasteiger partial charge on any atom is -0.469 e. The van der Waals surface area contributed by atoms with Crippen LogP contribution in [0.2, 0.25) is 0 Å². The summed E-state index contributed by atoms with van der Waals surface area (Å²) in [5, 5.41) is 22.1. The summed E-state index contributed by atoms with van der Waals surface area (Å²) in [5.74, 6) is -0.291. The van der Waals surface area contributed by atoms with E-state index in [-0.39, 0.29) is 30.2 Å². The summed E-state index contributed by atoms with van der Waals surface area (Å²) in [6, 6.07) is 0. The van der Waals surface area contributed by atoms with Crippen LogP contribution in [0.3, 0.4) is 0 Å². The maximum atomic E-state index is 11.1. The van der Waals surface area contributed by atoms with Crippen LogP contribution in [-0.2, 0) is 9.53 Å². The minimum absolute atomic E-state index is 0.0545. The van der Waals surface area contributed by atoms with Crippen molar-refractivity contribution in [3.8, 4) is 0 Å². The Morgan fingerprint density at radius 2 is 1.37 bits per heavy atom. The van der Waals surface area contributed by atoms with Gasteiger partial charge in [0.25, 0.3) is 0 Å². The molecule has 0 N–H and O–H groups in total. The summed E-state index contributed by atoms with van der Waals surface area (Å²) in [5.41, 5.74) is 0.177. The molecule has 0 heterocycles. The van der Waals surface area contributed by atoms with E-state index in [0.717, 1.165) is 19.3 Å². The van der Waals surface area contributed by atoms with Crippen LogP contribution in [0.25, 0.3) is 0 Å². The Bertz CT molecular complexity index is 567. The quantitative estimate of drug-likeness (QED) is 0.130. The molecule has 0 aromatic rings. The summed E-state index contributed by atoms with van der Waals surface area (Å²) >= 11 is 0. The fourth-order valence-electron chi connectivity index (χ4n) is 2.32. The Morgan fingerprint density at radius 3 is 1.78 bits per heavy atom. The predicted molar refractivity (Wildman–Crippen MR) is 103 cm³/mol. The van der Waals surface area contributed by atoms with Gasteiger partial charge in [0.1, 0.15) is 0 Å². The minimum atomic E-state index is -0.445. The molecule has 0 radical (unpaired) electrons. The van der Waals surface area contributed by atoms with Gasteiger partial charge in [-0.1, -0.05) is 31.9 Å². The lowest BCUT2D eigenvalue weighted by molar-refractivity contribution is -0.427. The third-order valence-corrected chi connectivity index (χ3v) is 3.92. The van der Waals surface area contributed by atoms with Gasteiger partial charge in [-0.05, 0) is 44.3 Å². The number of nitrogens with zero attached hydrogens (tertiary/aromatic N) is 2. The summed E-state index contributed by atoms with van der Waals surface area (Å²) in [6.07, 6.45) is 12.4. The van der Waals surface area contributed by atoms with Crippen molar-refractivity contribution in [1.29, 1.82) is 0 Å². The molecule has 27 heavy (non-hydrogen) atoms. The Kier molecular flexibility index (Phi) is 14.3. The molecule has 0 atom stereocenters. The highest BCUT2D eigenvalue weighted by Crippen LogP contribution is 2.12. The number of esters is 1. The van der Waals surface area contributed by atoms with E-state index < -0.39 is 9.85 Å². The van der Waals surface area contributed by atoms with E-state index in [1.165, 1.54) is 13.2 Å². The molecule has 0 rings (SSSR count). The molecule has 0 bridgehead atoms. The Morgan fingerprint density at radius 1 is 0.889 bits per heavy atom. The first-order valence-corrected chi connectivity index (χ1v) is 9.31. The second kappa shape index (κ2) is 15.7. The highest BCUT2D eigenvalue weighted by atomic mass is 16.6. The SMILES string of the molecule is CCCCCC=C(CC=CCC(=CCCCCC(=O)OC)[N+](=O)[O-])[N+](=O)[O-]. The van der Waals surface area contributed by atoms with Crippen molar-refractivity contribution < 1.29 is 19.4 Å². The predicted octanol–water partition coefficient (Wildman–Crippen LogP) is 4.96. The smallest absolute Gasteiger partial charge is 0.305 e. The number of methoxy groups -OCH3 is 1. The van der Waals surface area contributed by atoms with E-state index in [9.17, 15) is 25.0 Å². The van der Waals surface area contributed by atoms with Crippen LogP contribution >= 0.6 is 0 Å².